The summed E-state index contributed by atoms with van der Waals surface area (Å²) in [5.41, 5.74) is 0.799. The van der Waals surface area contributed by atoms with E-state index in [9.17, 15) is 4.79 Å². The maximum absolute atomic E-state index is 10.2. The zero-order valence-electron chi connectivity index (χ0n) is 6.07. The molecule has 1 aromatic heterocycles. The van der Waals surface area contributed by atoms with E-state index in [0.717, 1.165) is 10.5 Å². The van der Waals surface area contributed by atoms with Gasteiger partial charge in [-0.1, -0.05) is 6.07 Å². The third-order valence-corrected chi connectivity index (χ3v) is 2.26. The van der Waals surface area contributed by atoms with Crippen LogP contribution in [-0.2, 0) is 4.79 Å². The summed E-state index contributed by atoms with van der Waals surface area (Å²) in [5.74, 6) is -0.893. The van der Waals surface area contributed by atoms with Crippen molar-refractivity contribution in [1.82, 2.24) is 0 Å². The van der Waals surface area contributed by atoms with E-state index in [4.69, 9.17) is 5.11 Å². The summed E-state index contributed by atoms with van der Waals surface area (Å²) in [7, 11) is 0. The minimum atomic E-state index is -0.893. The highest BCUT2D eigenvalue weighted by atomic mass is 32.1. The van der Waals surface area contributed by atoms with Crippen LogP contribution in [-0.4, -0.2) is 11.1 Å². The highest BCUT2D eigenvalue weighted by Crippen LogP contribution is 2.18. The monoisotopic (exact) mass is 168 g/mol. The molecular weight excluding hydrogens is 160 g/mol. The summed E-state index contributed by atoms with van der Waals surface area (Å²) in [6.45, 7) is 1.79. The molecule has 11 heavy (non-hydrogen) atoms. The van der Waals surface area contributed by atoms with E-state index >= 15 is 0 Å². The van der Waals surface area contributed by atoms with Crippen LogP contribution < -0.4 is 0 Å². The van der Waals surface area contributed by atoms with Gasteiger partial charge in [-0.05, 0) is 23.9 Å². The minimum absolute atomic E-state index is 0.799. The van der Waals surface area contributed by atoms with E-state index in [1.165, 1.54) is 6.08 Å². The van der Waals surface area contributed by atoms with Gasteiger partial charge in [0, 0.05) is 11.0 Å². The molecule has 0 radical (unpaired) electrons. The number of carboxylic acid groups (broad SMARTS) is 1. The molecule has 0 fully saturated rings. The Morgan fingerprint density at radius 1 is 1.73 bits per heavy atom. The minimum Gasteiger partial charge on any atom is -0.478 e. The molecule has 0 aliphatic carbocycles. The zero-order valence-corrected chi connectivity index (χ0v) is 6.89. The van der Waals surface area contributed by atoms with Crippen LogP contribution in [0.2, 0.25) is 0 Å². The van der Waals surface area contributed by atoms with E-state index in [-0.39, 0.29) is 0 Å². The molecule has 0 aliphatic rings. The van der Waals surface area contributed by atoms with Gasteiger partial charge < -0.3 is 5.11 Å². The second kappa shape index (κ2) is 3.34. The van der Waals surface area contributed by atoms with Gasteiger partial charge in [-0.25, -0.2) is 4.79 Å². The molecule has 0 aliphatic heterocycles. The van der Waals surface area contributed by atoms with Crippen LogP contribution in [0.1, 0.15) is 11.8 Å². The summed E-state index contributed by atoms with van der Waals surface area (Å²) >= 11 is 1.54. The van der Waals surface area contributed by atoms with Gasteiger partial charge in [-0.15, -0.1) is 11.3 Å². The average Bonchev–Trinajstić information content (AvgIpc) is 2.35. The van der Waals surface area contributed by atoms with Gasteiger partial charge >= 0.3 is 5.97 Å². The second-order valence-corrected chi connectivity index (χ2v) is 3.09. The lowest BCUT2D eigenvalue weighted by molar-refractivity contribution is -0.131. The van der Waals surface area contributed by atoms with Crippen LogP contribution in [0.4, 0.5) is 0 Å². The number of hydrogen-bond acceptors (Lipinski definition) is 2. The molecule has 1 aromatic rings. The van der Waals surface area contributed by atoms with Crippen LogP contribution in [0.25, 0.3) is 5.57 Å². The standard InChI is InChI=1S/C8H8O2S/c1-6(5-8(9)10)7-3-2-4-11-7/h2-5H,1H3,(H,9,10)/b6-5+. The summed E-state index contributed by atoms with van der Waals surface area (Å²) in [6.07, 6.45) is 1.21. The zero-order chi connectivity index (χ0) is 8.27. The summed E-state index contributed by atoms with van der Waals surface area (Å²) in [6, 6.07) is 3.80. The fourth-order valence-electron chi connectivity index (χ4n) is 0.759. The van der Waals surface area contributed by atoms with Crippen molar-refractivity contribution in [2.45, 2.75) is 6.92 Å². The first-order valence-corrected chi connectivity index (χ1v) is 4.03. The molecule has 1 heterocycles. The van der Waals surface area contributed by atoms with Crippen molar-refractivity contribution >= 4 is 22.9 Å². The van der Waals surface area contributed by atoms with Gasteiger partial charge in [-0.2, -0.15) is 0 Å². The number of carboxylic acids is 1. The largest absolute Gasteiger partial charge is 0.478 e. The molecule has 0 spiro atoms. The van der Waals surface area contributed by atoms with Gasteiger partial charge in [0.15, 0.2) is 0 Å². The molecule has 2 nitrogen and oxygen atoms in total. The predicted molar refractivity (Wildman–Crippen MR) is 45.6 cm³/mol. The Hall–Kier alpha value is -1.09. The fourth-order valence-corrected chi connectivity index (χ4v) is 1.46. The number of carbonyl (C=O) groups is 1. The molecule has 1 N–H and O–H groups in total. The molecular formula is C8H8O2S. The Morgan fingerprint density at radius 2 is 2.45 bits per heavy atom. The van der Waals surface area contributed by atoms with Crippen molar-refractivity contribution in [1.29, 1.82) is 0 Å². The predicted octanol–water partition coefficient (Wildman–Crippen LogP) is 2.24. The molecule has 0 unspecified atom stereocenters. The Balaban J connectivity index is 2.86. The van der Waals surface area contributed by atoms with Crippen LogP contribution in [0.5, 0.6) is 0 Å². The smallest absolute Gasteiger partial charge is 0.328 e. The van der Waals surface area contributed by atoms with Crippen molar-refractivity contribution < 1.29 is 9.90 Å². The van der Waals surface area contributed by atoms with Crippen molar-refractivity contribution in [2.75, 3.05) is 0 Å². The molecule has 0 amide bonds. The number of rotatable bonds is 2. The third-order valence-electron chi connectivity index (χ3n) is 1.25. The van der Waals surface area contributed by atoms with Gasteiger partial charge in [0.2, 0.25) is 0 Å². The number of aliphatic carboxylic acids is 1. The maximum Gasteiger partial charge on any atom is 0.328 e. The number of allylic oxidation sites excluding steroid dienone is 1. The molecule has 0 saturated carbocycles. The normalized spacial score (nSPS) is 11.5. The van der Waals surface area contributed by atoms with E-state index in [1.54, 1.807) is 18.3 Å². The lowest BCUT2D eigenvalue weighted by atomic mass is 10.2. The quantitative estimate of drug-likeness (QED) is 0.687. The second-order valence-electron chi connectivity index (χ2n) is 2.14. The number of hydrogen-bond donors (Lipinski definition) is 1. The van der Waals surface area contributed by atoms with Crippen molar-refractivity contribution in [2.24, 2.45) is 0 Å². The van der Waals surface area contributed by atoms with Gasteiger partial charge in [0.05, 0.1) is 0 Å². The maximum atomic E-state index is 10.2. The summed E-state index contributed by atoms with van der Waals surface area (Å²) < 4.78 is 0. The van der Waals surface area contributed by atoms with Gasteiger partial charge in [0.25, 0.3) is 0 Å². The Labute approximate surface area is 68.8 Å². The Kier molecular flexibility index (Phi) is 2.44. The highest BCUT2D eigenvalue weighted by molar-refractivity contribution is 7.11. The van der Waals surface area contributed by atoms with E-state index < -0.39 is 5.97 Å². The van der Waals surface area contributed by atoms with Crippen molar-refractivity contribution in [3.05, 3.63) is 28.5 Å². The molecule has 0 bridgehead atoms. The lowest BCUT2D eigenvalue weighted by Crippen LogP contribution is -1.87. The van der Waals surface area contributed by atoms with E-state index in [1.807, 2.05) is 17.5 Å². The summed E-state index contributed by atoms with van der Waals surface area (Å²) in [4.78, 5) is 11.2. The first kappa shape index (κ1) is 8.01. The van der Waals surface area contributed by atoms with Crippen LogP contribution in [0.3, 0.4) is 0 Å². The first-order valence-electron chi connectivity index (χ1n) is 3.15. The Morgan fingerprint density at radius 3 is 2.91 bits per heavy atom. The van der Waals surface area contributed by atoms with Crippen molar-refractivity contribution in [3.8, 4) is 0 Å². The van der Waals surface area contributed by atoms with Crippen LogP contribution in [0, 0.1) is 0 Å². The van der Waals surface area contributed by atoms with E-state index in [2.05, 4.69) is 0 Å². The first-order chi connectivity index (χ1) is 5.20. The van der Waals surface area contributed by atoms with Crippen LogP contribution >= 0.6 is 11.3 Å². The fraction of sp³-hybridized carbons (Fsp3) is 0.125. The van der Waals surface area contributed by atoms with Gasteiger partial charge in [0.1, 0.15) is 0 Å². The lowest BCUT2D eigenvalue weighted by Gasteiger charge is -1.91. The highest BCUT2D eigenvalue weighted by Gasteiger charge is 1.97. The molecule has 0 saturated heterocycles. The Bertz CT molecular complexity index is 272. The SMILES string of the molecule is C/C(=C\C(=O)O)c1cccs1. The molecule has 0 atom stereocenters. The van der Waals surface area contributed by atoms with Gasteiger partial charge in [-0.3, -0.25) is 0 Å². The molecule has 3 heteroatoms. The van der Waals surface area contributed by atoms with E-state index in [0.29, 0.717) is 0 Å². The topological polar surface area (TPSA) is 37.3 Å². The average molecular weight is 168 g/mol. The third kappa shape index (κ3) is 2.20. The molecule has 58 valence electrons. The summed E-state index contributed by atoms with van der Waals surface area (Å²) in [5, 5.41) is 10.3. The van der Waals surface area contributed by atoms with Crippen LogP contribution in [0.15, 0.2) is 23.6 Å². The number of thiophene rings is 1. The molecule has 1 rings (SSSR count). The molecule has 0 aromatic carbocycles. The van der Waals surface area contributed by atoms with Crippen molar-refractivity contribution in [3.63, 3.8) is 0 Å².